The Labute approximate surface area is 476 Å². The fraction of sp³-hybridized carbons (Fsp3) is 0.804. The average Bonchev–Trinajstić information content (AvgIpc) is 3.37. The van der Waals surface area contributed by atoms with E-state index in [-0.39, 0.29) is 37.8 Å². The van der Waals surface area contributed by atoms with E-state index in [1.54, 1.807) is 6.92 Å². The van der Waals surface area contributed by atoms with Gasteiger partial charge in [0.05, 0.1) is 18.8 Å². The summed E-state index contributed by atoms with van der Waals surface area (Å²) in [4.78, 5) is 121. The molecule has 0 aliphatic rings. The minimum Gasteiger partial charge on any atom is -0.434 e. The number of carbonyl (C=O) groups is 10. The van der Waals surface area contributed by atoms with Crippen LogP contribution in [0.4, 0.5) is 47.9 Å². The highest BCUT2D eigenvalue weighted by molar-refractivity contribution is 5.64. The van der Waals surface area contributed by atoms with Gasteiger partial charge in [0.1, 0.15) is 121 Å². The molecule has 31 nitrogen and oxygen atoms in total. The molecule has 0 saturated carbocycles. The average molecular weight is 1190 g/mol. The van der Waals surface area contributed by atoms with Crippen molar-refractivity contribution in [1.29, 1.82) is 0 Å². The van der Waals surface area contributed by atoms with Crippen LogP contribution in [-0.2, 0) is 99.5 Å². The van der Waals surface area contributed by atoms with E-state index < -0.39 is 174 Å². The zero-order valence-corrected chi connectivity index (χ0v) is 49.8. The van der Waals surface area contributed by atoms with Crippen LogP contribution in [0, 0.1) is 11.3 Å². The summed E-state index contributed by atoms with van der Waals surface area (Å²) in [5.74, 6) is 0.0696. The van der Waals surface area contributed by atoms with Gasteiger partial charge >= 0.3 is 61.6 Å². The second-order valence-corrected chi connectivity index (χ2v) is 20.6. The highest BCUT2D eigenvalue weighted by Crippen LogP contribution is 2.25. The van der Waals surface area contributed by atoms with Crippen LogP contribution >= 0.6 is 0 Å². The van der Waals surface area contributed by atoms with Crippen molar-refractivity contribution in [3.05, 3.63) is 0 Å². The summed E-state index contributed by atoms with van der Waals surface area (Å²) in [5, 5.41) is 0. The van der Waals surface area contributed by atoms with E-state index in [9.17, 15) is 47.9 Å². The van der Waals surface area contributed by atoms with E-state index in [0.29, 0.717) is 0 Å². The van der Waals surface area contributed by atoms with Gasteiger partial charge in [-0.15, -0.1) is 0 Å². The van der Waals surface area contributed by atoms with Gasteiger partial charge in [-0.1, -0.05) is 27.7 Å². The molecule has 0 bridgehead atoms. The lowest BCUT2D eigenvalue weighted by Gasteiger charge is -2.26. The molecule has 0 N–H and O–H groups in total. The Kier molecular flexibility index (Phi) is 35.6. The van der Waals surface area contributed by atoms with Gasteiger partial charge in [0.2, 0.25) is 0 Å². The van der Waals surface area contributed by atoms with Gasteiger partial charge < -0.3 is 99.5 Å². The second kappa shape index (κ2) is 39.2. The number of hydrogen-bond donors (Lipinski definition) is 0. The SMILES string of the molecule is CC(COC(=O)OCC(C)OC(=O)OC(C)COC(=O)OC(C)COC(=O)OC(C)COC(=O)OC(C)COC(=O)OC(C)COC(=O)OC(C)COC(C)(C)C)OC(=O)OCC(C)OC(=O)OCC(C)OC(=O)OCC(C)C(C)(C)C. The maximum atomic E-state index is 12.2. The first-order valence-electron chi connectivity index (χ1n) is 26.0. The summed E-state index contributed by atoms with van der Waals surface area (Å²) < 4.78 is 105. The fourth-order valence-electron chi connectivity index (χ4n) is 4.80. The molecular formula is C51H84O31. The summed E-state index contributed by atoms with van der Waals surface area (Å²) in [6.45, 7) is 24.0. The quantitative estimate of drug-likeness (QED) is 0.0448. The Bertz CT molecular complexity index is 1960. The molecule has 0 aromatic carbocycles. The van der Waals surface area contributed by atoms with Crippen molar-refractivity contribution in [2.75, 3.05) is 72.7 Å². The Morgan fingerprint density at radius 2 is 0.390 bits per heavy atom. The molecule has 0 fully saturated rings. The van der Waals surface area contributed by atoms with Gasteiger partial charge in [-0.05, 0) is 101 Å². The van der Waals surface area contributed by atoms with Crippen LogP contribution in [0.25, 0.3) is 0 Å². The lowest BCUT2D eigenvalue weighted by Crippen LogP contribution is -2.30. The Hall–Kier alpha value is -7.34. The van der Waals surface area contributed by atoms with Crippen LogP contribution < -0.4 is 0 Å². The van der Waals surface area contributed by atoms with E-state index >= 15 is 0 Å². The van der Waals surface area contributed by atoms with Crippen LogP contribution in [-0.4, -0.2) is 201 Å². The van der Waals surface area contributed by atoms with E-state index in [1.165, 1.54) is 62.3 Å². The van der Waals surface area contributed by atoms with Crippen molar-refractivity contribution in [3.8, 4) is 0 Å². The smallest absolute Gasteiger partial charge is 0.434 e. The molecule has 0 radical (unpaired) electrons. The predicted molar refractivity (Wildman–Crippen MR) is 273 cm³/mol. The number of rotatable bonds is 32. The van der Waals surface area contributed by atoms with Crippen molar-refractivity contribution < 1.29 is 147 Å². The third kappa shape index (κ3) is 41.6. The van der Waals surface area contributed by atoms with Crippen LogP contribution in [0.5, 0.6) is 0 Å². The maximum Gasteiger partial charge on any atom is 0.509 e. The molecule has 0 amide bonds. The normalized spacial score (nSPS) is 15.2. The topological polar surface area (TPSA) is 365 Å². The number of carbonyl (C=O) groups excluding carboxylic acids is 10. The molecule has 0 saturated heterocycles. The van der Waals surface area contributed by atoms with Crippen molar-refractivity contribution in [3.63, 3.8) is 0 Å². The highest BCUT2D eigenvalue weighted by atomic mass is 16.8. The molecule has 0 rings (SSSR count). The first kappa shape index (κ1) is 74.7. The Morgan fingerprint density at radius 1 is 0.232 bits per heavy atom. The number of ether oxygens (including phenoxy) is 21. The minimum atomic E-state index is -1.22. The molecule has 474 valence electrons. The second-order valence-electron chi connectivity index (χ2n) is 20.6. The summed E-state index contributed by atoms with van der Waals surface area (Å²) in [6, 6.07) is 0. The van der Waals surface area contributed by atoms with Crippen LogP contribution in [0.15, 0.2) is 0 Å². The third-order valence-electron chi connectivity index (χ3n) is 9.58. The van der Waals surface area contributed by atoms with Crippen LogP contribution in [0.1, 0.15) is 118 Å². The lowest BCUT2D eigenvalue weighted by atomic mass is 9.83. The summed E-state index contributed by atoms with van der Waals surface area (Å²) in [6.07, 6.45) is -20.9. The van der Waals surface area contributed by atoms with E-state index in [1.807, 2.05) is 48.5 Å². The first-order chi connectivity index (χ1) is 38.0. The van der Waals surface area contributed by atoms with Gasteiger partial charge in [-0.3, -0.25) is 0 Å². The van der Waals surface area contributed by atoms with Crippen molar-refractivity contribution in [1.82, 2.24) is 0 Å². The zero-order valence-electron chi connectivity index (χ0n) is 49.8. The zero-order chi connectivity index (χ0) is 62.8. The van der Waals surface area contributed by atoms with Crippen molar-refractivity contribution >= 4 is 61.6 Å². The molecule has 11 unspecified atom stereocenters. The van der Waals surface area contributed by atoms with Gasteiger partial charge in [0, 0.05) is 0 Å². The van der Waals surface area contributed by atoms with Gasteiger partial charge in [0.25, 0.3) is 0 Å². The monoisotopic (exact) mass is 1190 g/mol. The van der Waals surface area contributed by atoms with E-state index in [4.69, 9.17) is 99.5 Å². The molecule has 11 atom stereocenters. The van der Waals surface area contributed by atoms with Gasteiger partial charge in [-0.25, -0.2) is 47.9 Å². The predicted octanol–water partition coefficient (Wildman–Crippen LogP) is 8.90. The molecule has 31 heteroatoms. The Balaban J connectivity index is 4.25. The van der Waals surface area contributed by atoms with Crippen molar-refractivity contribution in [2.45, 2.75) is 184 Å². The largest absolute Gasteiger partial charge is 0.509 e. The van der Waals surface area contributed by atoms with Crippen molar-refractivity contribution in [2.24, 2.45) is 11.3 Å². The van der Waals surface area contributed by atoms with E-state index in [0.717, 1.165) is 0 Å². The molecule has 0 aliphatic carbocycles. The summed E-state index contributed by atoms with van der Waals surface area (Å²) in [7, 11) is 0. The van der Waals surface area contributed by atoms with Gasteiger partial charge in [-0.2, -0.15) is 0 Å². The fourth-order valence-corrected chi connectivity index (χ4v) is 4.80. The summed E-state index contributed by atoms with van der Waals surface area (Å²) >= 11 is 0. The molecule has 82 heavy (non-hydrogen) atoms. The summed E-state index contributed by atoms with van der Waals surface area (Å²) in [5.41, 5.74) is -0.503. The molecule has 0 aromatic heterocycles. The molecule has 0 spiro atoms. The first-order valence-corrected chi connectivity index (χ1v) is 26.0. The van der Waals surface area contributed by atoms with E-state index in [2.05, 4.69) is 0 Å². The number of hydrogen-bond acceptors (Lipinski definition) is 31. The van der Waals surface area contributed by atoms with Crippen LogP contribution in [0.3, 0.4) is 0 Å². The maximum absolute atomic E-state index is 12.2. The Morgan fingerprint density at radius 3 is 0.573 bits per heavy atom. The standard InChI is InChI=1S/C51H84O31/c1-29(50(12,13)14)18-62-41(53)73-31(3)21-65-43(55)75-32(4)22-66-42(54)74-30(2)19-63-40(52)64-20-37(9)81-49(61)82-38(10)27-71-47(59)79-35(7)25-69-45(57)77-33(5)23-67-44(56)76-34(6)24-68-46(58)78-36(8)26-70-48(60)80-39(11)28-72-51(15,16)17/h29-39H,18-28H2,1-17H3. The molecular weight excluding hydrogens is 1110 g/mol. The minimum absolute atomic E-state index is 0.0696. The van der Waals surface area contributed by atoms with Crippen LogP contribution in [0.2, 0.25) is 0 Å². The lowest BCUT2D eigenvalue weighted by molar-refractivity contribution is -0.0668. The molecule has 0 heterocycles. The highest BCUT2D eigenvalue weighted by Gasteiger charge is 2.26. The van der Waals surface area contributed by atoms with Gasteiger partial charge in [0.15, 0.2) is 0 Å². The third-order valence-corrected chi connectivity index (χ3v) is 9.58. The molecule has 0 aromatic rings. The molecule has 0 aliphatic heterocycles.